The van der Waals surface area contributed by atoms with Crippen molar-refractivity contribution in [3.8, 4) is 0 Å². The molecule has 0 fully saturated rings. The topological polar surface area (TPSA) is 34.1 Å². The summed E-state index contributed by atoms with van der Waals surface area (Å²) >= 11 is 0. The van der Waals surface area contributed by atoms with Gasteiger partial charge in [-0.25, -0.2) is 0 Å². The summed E-state index contributed by atoms with van der Waals surface area (Å²) in [6, 6.07) is 0. The van der Waals surface area contributed by atoms with Crippen molar-refractivity contribution in [2.24, 2.45) is 0 Å². The molecule has 0 bridgehead atoms. The smallest absolute Gasteiger partial charge is 0.416 e. The maximum Gasteiger partial charge on any atom is 1.00 e. The van der Waals surface area contributed by atoms with Crippen LogP contribution in [0.3, 0.4) is 0 Å². The van der Waals surface area contributed by atoms with Crippen molar-refractivity contribution in [2.45, 2.75) is 5.51 Å². The van der Waals surface area contributed by atoms with Gasteiger partial charge in [0.2, 0.25) is 0 Å². The molecular weight excluding hydrogens is 266 g/mol. The molecule has 0 spiro atoms. The van der Waals surface area contributed by atoms with Gasteiger partial charge in [0, 0.05) is 10.7 Å². The van der Waals surface area contributed by atoms with Gasteiger partial charge >= 0.3 is 74.4 Å². The summed E-state index contributed by atoms with van der Waals surface area (Å²) in [5.74, 6) is 0. The Morgan fingerprint density at radius 2 is 1.25 bits per heavy atom. The van der Waals surface area contributed by atoms with Crippen LogP contribution in [0.1, 0.15) is 0 Å². The fraction of sp³-hybridized carbons (Fsp3) is 1.00. The summed E-state index contributed by atoms with van der Waals surface area (Å²) in [7, 11) is -3.93. The van der Waals surface area contributed by atoms with Gasteiger partial charge in [0.15, 0.2) is 0 Å². The van der Waals surface area contributed by atoms with E-state index in [1.807, 2.05) is 0 Å². The van der Waals surface area contributed by atoms with E-state index in [2.05, 4.69) is 0 Å². The van der Waals surface area contributed by atoms with Crippen LogP contribution >= 0.6 is 0 Å². The molecule has 0 radical (unpaired) electrons. The summed E-state index contributed by atoms with van der Waals surface area (Å²) in [6.45, 7) is 0. The molecule has 0 N–H and O–H groups in total. The average molecular weight is 266 g/mol. The Morgan fingerprint density at radius 1 is 1.12 bits per heavy atom. The fourth-order valence-corrected chi connectivity index (χ4v) is 0. The fourth-order valence-electron chi connectivity index (χ4n) is 0. The molecule has 0 aromatic carbocycles. The Balaban J connectivity index is 0. The van der Waals surface area contributed by atoms with E-state index in [1.54, 1.807) is 0 Å². The molecule has 0 saturated heterocycles. The molecule has 0 aromatic heterocycles. The molecule has 0 aliphatic heterocycles. The zero-order chi connectivity index (χ0) is 6.08. The Bertz CT molecular complexity index is 118. The van der Waals surface area contributed by atoms with Crippen LogP contribution < -0.4 is 68.9 Å². The third kappa shape index (κ3) is 5.92. The third-order valence-electron chi connectivity index (χ3n) is 0.189. The van der Waals surface area contributed by atoms with Crippen LogP contribution in [0.25, 0.3) is 0 Å². The van der Waals surface area contributed by atoms with Gasteiger partial charge in [-0.15, -0.1) is 0 Å². The molecule has 7 heteroatoms. The zero-order valence-corrected chi connectivity index (χ0v) is 11.0. The van der Waals surface area contributed by atoms with E-state index in [0.29, 0.717) is 0 Å². The minimum atomic E-state index is -5.08. The van der Waals surface area contributed by atoms with Crippen LogP contribution in [0, 0.1) is 0 Å². The van der Waals surface area contributed by atoms with E-state index in [9.17, 15) is 13.2 Å². The molecule has 0 saturated carbocycles. The number of halogens is 3. The summed E-state index contributed by atoms with van der Waals surface area (Å²) in [4.78, 5) is 0. The van der Waals surface area contributed by atoms with E-state index >= 15 is 0 Å². The van der Waals surface area contributed by atoms with E-state index in [-0.39, 0.29) is 68.9 Å². The quantitative estimate of drug-likeness (QED) is 0.467. The van der Waals surface area contributed by atoms with Crippen molar-refractivity contribution in [2.75, 3.05) is 0 Å². The number of hydrogen-bond acceptors (Lipinski definition) is 3. The molecule has 0 aliphatic rings. The summed E-state index contributed by atoms with van der Waals surface area (Å²) in [6.07, 6.45) is 0. The monoisotopic (exact) mass is 266 g/mol. The predicted molar refractivity (Wildman–Crippen MR) is 14.8 cm³/mol. The standard InChI is InChI=1S/CF3O2S.Cs/c2-1(3,4)7(5)6;/q-1;+1. The molecule has 0 atom stereocenters. The van der Waals surface area contributed by atoms with Crippen molar-refractivity contribution >= 4 is 10.7 Å². The summed E-state index contributed by atoms with van der Waals surface area (Å²) in [5, 5.41) is 0. The van der Waals surface area contributed by atoms with Gasteiger partial charge in [-0.3, -0.25) is 0 Å². The van der Waals surface area contributed by atoms with Gasteiger partial charge in [0.25, 0.3) is 0 Å². The molecule has 2 nitrogen and oxygen atoms in total. The van der Waals surface area contributed by atoms with E-state index in [1.165, 1.54) is 0 Å². The molecular formula is CCsF3O2S. The van der Waals surface area contributed by atoms with Crippen LogP contribution in [0.2, 0.25) is 0 Å². The van der Waals surface area contributed by atoms with Gasteiger partial charge in [-0.1, -0.05) is 0 Å². The number of hydrogen-bond donors (Lipinski definition) is 0. The molecule has 0 aliphatic carbocycles. The van der Waals surface area contributed by atoms with Gasteiger partial charge in [-0.2, -0.15) is 13.2 Å². The molecule has 0 heterocycles. The maximum atomic E-state index is 10.6. The Labute approximate surface area is 104 Å². The first-order valence-corrected chi connectivity index (χ1v) is 2.18. The number of alkyl halides is 3. The SMILES string of the molecule is O=[S-](=O)C(F)(F)F.[Cs+]. The predicted octanol–water partition coefficient (Wildman–Crippen LogP) is -2.18. The molecule has 8 heavy (non-hydrogen) atoms. The van der Waals surface area contributed by atoms with Crippen molar-refractivity contribution < 1.29 is 90.5 Å². The second-order valence-electron chi connectivity index (χ2n) is 0.680. The first-order chi connectivity index (χ1) is 2.94. The normalized spacial score (nSPS) is 11.0. The molecule has 0 unspecified atom stereocenters. The molecule has 0 aromatic rings. The minimum Gasteiger partial charge on any atom is -0.416 e. The second kappa shape index (κ2) is 4.58. The first-order valence-electron chi connectivity index (χ1n) is 1.10. The van der Waals surface area contributed by atoms with Crippen molar-refractivity contribution in [3.05, 3.63) is 0 Å². The van der Waals surface area contributed by atoms with Crippen LogP contribution in [0.5, 0.6) is 0 Å². The molecule has 0 amide bonds. The van der Waals surface area contributed by atoms with Crippen LogP contribution in [-0.4, -0.2) is 5.51 Å². The average Bonchev–Trinajstić information content (AvgIpc) is 1.31. The summed E-state index contributed by atoms with van der Waals surface area (Å²) < 4.78 is 49.5. The summed E-state index contributed by atoms with van der Waals surface area (Å²) in [5.41, 5.74) is -5.08. The van der Waals surface area contributed by atoms with Crippen molar-refractivity contribution in [1.82, 2.24) is 0 Å². The Kier molecular flexibility index (Phi) is 7.14. The van der Waals surface area contributed by atoms with Gasteiger partial charge in [0.1, 0.15) is 0 Å². The number of rotatable bonds is 0. The maximum absolute atomic E-state index is 10.6. The van der Waals surface area contributed by atoms with Crippen molar-refractivity contribution in [1.29, 1.82) is 0 Å². The van der Waals surface area contributed by atoms with Crippen LogP contribution in [0.4, 0.5) is 13.2 Å². The minimum absolute atomic E-state index is 0. The van der Waals surface area contributed by atoms with Crippen molar-refractivity contribution in [3.63, 3.8) is 0 Å². The zero-order valence-electron chi connectivity index (χ0n) is 3.86. The molecule has 0 rings (SSSR count). The van der Waals surface area contributed by atoms with E-state index in [4.69, 9.17) is 8.42 Å². The largest absolute Gasteiger partial charge is 1.00 e. The van der Waals surface area contributed by atoms with E-state index in [0.717, 1.165) is 0 Å². The second-order valence-corrected chi connectivity index (χ2v) is 1.61. The van der Waals surface area contributed by atoms with Gasteiger partial charge < -0.3 is 8.42 Å². The van der Waals surface area contributed by atoms with Crippen LogP contribution in [0.15, 0.2) is 0 Å². The Hall–Kier alpha value is 1.79. The molecule has 44 valence electrons. The Morgan fingerprint density at radius 3 is 1.25 bits per heavy atom. The van der Waals surface area contributed by atoms with Gasteiger partial charge in [-0.05, 0) is 0 Å². The third-order valence-corrected chi connectivity index (χ3v) is 0.567. The van der Waals surface area contributed by atoms with E-state index < -0.39 is 16.2 Å². The van der Waals surface area contributed by atoms with Crippen LogP contribution in [-0.2, 0) is 19.1 Å². The first kappa shape index (κ1) is 12.5. The van der Waals surface area contributed by atoms with Gasteiger partial charge in [0.05, 0.1) is 0 Å².